The number of aryl methyl sites for hydroxylation is 1. The molecule has 2 bridgehead atoms. The summed E-state index contributed by atoms with van der Waals surface area (Å²) < 4.78 is 11.5. The van der Waals surface area contributed by atoms with Gasteiger partial charge < -0.3 is 19.7 Å². The van der Waals surface area contributed by atoms with Gasteiger partial charge in [0, 0.05) is 43.3 Å². The highest BCUT2D eigenvalue weighted by molar-refractivity contribution is 6.02. The van der Waals surface area contributed by atoms with Crippen LogP contribution in [-0.4, -0.2) is 58.7 Å². The molecule has 0 aromatic carbocycles. The van der Waals surface area contributed by atoms with Gasteiger partial charge in [-0.05, 0) is 37.7 Å². The molecule has 3 atom stereocenters. The minimum atomic E-state index is -0.0138. The lowest BCUT2D eigenvalue weighted by atomic mass is 10.00. The Hall–Kier alpha value is -2.74. The third-order valence-corrected chi connectivity index (χ3v) is 6.31. The van der Waals surface area contributed by atoms with Gasteiger partial charge in [-0.1, -0.05) is 6.92 Å². The van der Waals surface area contributed by atoms with Crippen LogP contribution in [0.25, 0.3) is 0 Å². The number of nitrogens with one attached hydrogen (secondary N) is 1. The van der Waals surface area contributed by atoms with Crippen LogP contribution in [0, 0.1) is 0 Å². The van der Waals surface area contributed by atoms with Crippen LogP contribution in [0.1, 0.15) is 48.5 Å². The zero-order valence-corrected chi connectivity index (χ0v) is 17.2. The van der Waals surface area contributed by atoms with E-state index in [1.807, 2.05) is 12.4 Å². The summed E-state index contributed by atoms with van der Waals surface area (Å²) in [6, 6.07) is 2.70. The molecule has 0 saturated carbocycles. The van der Waals surface area contributed by atoms with Crippen LogP contribution in [0.5, 0.6) is 5.75 Å². The fourth-order valence-electron chi connectivity index (χ4n) is 4.74. The number of aromatic nitrogens is 3. The Labute approximate surface area is 176 Å². The molecule has 3 aliphatic heterocycles. The molecule has 1 unspecified atom stereocenters. The van der Waals surface area contributed by atoms with Crippen molar-refractivity contribution in [2.45, 2.75) is 57.2 Å². The number of carbonyl (C=O) groups is 1. The number of anilines is 2. The molecule has 2 aromatic heterocycles. The third kappa shape index (κ3) is 3.71. The summed E-state index contributed by atoms with van der Waals surface area (Å²) >= 11 is 0. The van der Waals surface area contributed by atoms with Crippen molar-refractivity contribution >= 4 is 17.5 Å². The predicted octanol–water partition coefficient (Wildman–Crippen LogP) is 2.64. The molecule has 0 aliphatic carbocycles. The van der Waals surface area contributed by atoms with E-state index in [9.17, 15) is 4.79 Å². The highest BCUT2D eigenvalue weighted by Crippen LogP contribution is 2.38. The molecule has 2 fully saturated rings. The lowest BCUT2D eigenvalue weighted by molar-refractivity contribution is 0.0325. The number of Topliss-reactive ketones (excluding diaryl/α,β-unsaturated/α-hetero) is 1. The van der Waals surface area contributed by atoms with Gasteiger partial charge in [-0.25, -0.2) is 15.0 Å². The molecular formula is C22H27N5O3. The third-order valence-electron chi connectivity index (χ3n) is 6.31. The molecule has 8 nitrogen and oxygen atoms in total. The van der Waals surface area contributed by atoms with Crippen molar-refractivity contribution in [2.75, 3.05) is 30.0 Å². The predicted molar refractivity (Wildman–Crippen MR) is 112 cm³/mol. The van der Waals surface area contributed by atoms with E-state index < -0.39 is 0 Å². The second-order valence-corrected chi connectivity index (χ2v) is 8.21. The fraction of sp³-hybridized carbons (Fsp3) is 0.545. The number of ether oxygens (including phenoxy) is 2. The maximum Gasteiger partial charge on any atom is 0.225 e. The van der Waals surface area contributed by atoms with E-state index in [0.717, 1.165) is 25.2 Å². The van der Waals surface area contributed by atoms with E-state index in [0.29, 0.717) is 42.4 Å². The molecule has 0 spiro atoms. The average molecular weight is 409 g/mol. The van der Waals surface area contributed by atoms with E-state index in [1.54, 1.807) is 12.3 Å². The van der Waals surface area contributed by atoms with Gasteiger partial charge in [-0.3, -0.25) is 4.79 Å². The Morgan fingerprint density at radius 1 is 1.17 bits per heavy atom. The minimum Gasteiger partial charge on any atom is -0.484 e. The summed E-state index contributed by atoms with van der Waals surface area (Å²) in [6.45, 7) is 3.51. The second kappa shape index (κ2) is 8.18. The van der Waals surface area contributed by atoms with Crippen LogP contribution in [0.3, 0.4) is 0 Å². The number of ketones is 1. The van der Waals surface area contributed by atoms with Gasteiger partial charge in [0.15, 0.2) is 6.61 Å². The van der Waals surface area contributed by atoms with Crippen molar-refractivity contribution in [3.8, 4) is 5.75 Å². The van der Waals surface area contributed by atoms with Crippen LogP contribution < -0.4 is 15.0 Å². The summed E-state index contributed by atoms with van der Waals surface area (Å²) in [4.78, 5) is 27.5. The molecule has 2 saturated heterocycles. The number of fused-ring (bicyclic) bond motifs is 3. The second-order valence-electron chi connectivity index (χ2n) is 8.21. The largest absolute Gasteiger partial charge is 0.484 e. The summed E-state index contributed by atoms with van der Waals surface area (Å²) in [5.74, 6) is 2.16. The molecule has 0 radical (unpaired) electrons. The van der Waals surface area contributed by atoms with Crippen molar-refractivity contribution in [1.29, 1.82) is 0 Å². The molecule has 1 N–H and O–H groups in total. The molecular weight excluding hydrogens is 382 g/mol. The van der Waals surface area contributed by atoms with Gasteiger partial charge in [0.2, 0.25) is 11.7 Å². The number of hydrogen-bond acceptors (Lipinski definition) is 8. The number of pyridine rings is 1. The molecule has 5 rings (SSSR count). The highest BCUT2D eigenvalue weighted by atomic mass is 16.5. The van der Waals surface area contributed by atoms with E-state index in [2.05, 4.69) is 32.1 Å². The SMILES string of the molecule is CCc1cnc(N2[C@@H]3CC[C@H]2CC(OCCNc2cc4c(cn2)C(=O)CO4)C3)nc1. The van der Waals surface area contributed by atoms with Crippen LogP contribution in [0.4, 0.5) is 11.8 Å². The van der Waals surface area contributed by atoms with Crippen molar-refractivity contribution in [2.24, 2.45) is 0 Å². The first-order chi connectivity index (χ1) is 14.7. The van der Waals surface area contributed by atoms with E-state index in [4.69, 9.17) is 9.47 Å². The number of carbonyl (C=O) groups excluding carboxylic acids is 1. The van der Waals surface area contributed by atoms with Gasteiger partial charge in [0.25, 0.3) is 0 Å². The monoisotopic (exact) mass is 409 g/mol. The zero-order valence-electron chi connectivity index (χ0n) is 17.2. The van der Waals surface area contributed by atoms with Crippen molar-refractivity contribution in [1.82, 2.24) is 15.0 Å². The van der Waals surface area contributed by atoms with Crippen molar-refractivity contribution in [3.05, 3.63) is 35.8 Å². The zero-order chi connectivity index (χ0) is 20.5. The lowest BCUT2D eigenvalue weighted by Gasteiger charge is -2.38. The molecule has 30 heavy (non-hydrogen) atoms. The van der Waals surface area contributed by atoms with Crippen LogP contribution >= 0.6 is 0 Å². The van der Waals surface area contributed by atoms with Crippen LogP contribution in [0.2, 0.25) is 0 Å². The number of rotatable bonds is 7. The summed E-state index contributed by atoms with van der Waals surface area (Å²) in [5, 5.41) is 3.25. The normalized spacial score (nSPS) is 24.6. The van der Waals surface area contributed by atoms with Crippen molar-refractivity contribution < 1.29 is 14.3 Å². The smallest absolute Gasteiger partial charge is 0.225 e. The molecule has 8 heteroatoms. The quantitative estimate of drug-likeness (QED) is 0.698. The standard InChI is InChI=1S/C22H27N5O3/c1-2-14-10-25-22(26-11-14)27-15-3-4-16(27)8-17(7-15)29-6-5-23-21-9-20-18(12-24-21)19(28)13-30-20/h9-12,15-17H,2-8,13H2,1H3,(H,23,24)/t15-,16+,17?. The first-order valence-corrected chi connectivity index (χ1v) is 10.8. The first-order valence-electron chi connectivity index (χ1n) is 10.8. The number of hydrogen-bond donors (Lipinski definition) is 1. The minimum absolute atomic E-state index is 0.0138. The average Bonchev–Trinajstić information content (AvgIpc) is 3.27. The number of nitrogens with zero attached hydrogens (tertiary/aromatic N) is 4. The van der Waals surface area contributed by atoms with Gasteiger partial charge in [-0.15, -0.1) is 0 Å². The Kier molecular flexibility index (Phi) is 5.25. The van der Waals surface area contributed by atoms with Gasteiger partial charge in [0.1, 0.15) is 11.6 Å². The Bertz CT molecular complexity index is 905. The molecule has 0 amide bonds. The van der Waals surface area contributed by atoms with E-state index >= 15 is 0 Å². The maximum atomic E-state index is 11.6. The van der Waals surface area contributed by atoms with Crippen LogP contribution in [-0.2, 0) is 11.2 Å². The topological polar surface area (TPSA) is 89.5 Å². The van der Waals surface area contributed by atoms with Crippen molar-refractivity contribution in [3.63, 3.8) is 0 Å². The first kappa shape index (κ1) is 19.2. The van der Waals surface area contributed by atoms with Gasteiger partial charge >= 0.3 is 0 Å². The Morgan fingerprint density at radius 2 is 1.93 bits per heavy atom. The molecule has 2 aromatic rings. The Morgan fingerprint density at radius 3 is 2.67 bits per heavy atom. The summed E-state index contributed by atoms with van der Waals surface area (Å²) in [7, 11) is 0. The van der Waals surface area contributed by atoms with E-state index in [-0.39, 0.29) is 18.5 Å². The molecule has 5 heterocycles. The highest BCUT2D eigenvalue weighted by Gasteiger charge is 2.42. The summed E-state index contributed by atoms with van der Waals surface area (Å²) in [5.41, 5.74) is 1.74. The maximum absolute atomic E-state index is 11.6. The molecule has 3 aliphatic rings. The van der Waals surface area contributed by atoms with Gasteiger partial charge in [0.05, 0.1) is 18.3 Å². The molecule has 158 valence electrons. The van der Waals surface area contributed by atoms with Gasteiger partial charge in [-0.2, -0.15) is 0 Å². The van der Waals surface area contributed by atoms with E-state index in [1.165, 1.54) is 18.4 Å². The lowest BCUT2D eigenvalue weighted by Crippen LogP contribution is -2.46. The fourth-order valence-corrected chi connectivity index (χ4v) is 4.74. The summed E-state index contributed by atoms with van der Waals surface area (Å²) in [6.07, 6.45) is 11.1. The van der Waals surface area contributed by atoms with Crippen LogP contribution in [0.15, 0.2) is 24.7 Å². The number of piperidine rings is 1. The Balaban J connectivity index is 1.11.